The van der Waals surface area contributed by atoms with Gasteiger partial charge < -0.3 is 4.90 Å². The molecule has 5 nitrogen and oxygen atoms in total. The zero-order valence-electron chi connectivity index (χ0n) is 12.5. The van der Waals surface area contributed by atoms with Gasteiger partial charge >= 0.3 is 0 Å². The van der Waals surface area contributed by atoms with Gasteiger partial charge in [0, 0.05) is 6.42 Å². The standard InChI is InChI=1S/C16H15Cl2NO4/c1-2-4-11(20)15-12(21)7-19(8-13(15)22)16(23)14-9(17)5-3-6-10(14)18/h3,5-6,15H,2,4,7-8H2,1H3. The molecule has 1 heterocycles. The number of halogens is 2. The third-order valence-corrected chi connectivity index (χ3v) is 4.25. The van der Waals surface area contributed by atoms with Crippen LogP contribution in [-0.2, 0) is 14.4 Å². The van der Waals surface area contributed by atoms with E-state index in [0.717, 1.165) is 4.90 Å². The Balaban J connectivity index is 2.22. The molecule has 0 radical (unpaired) electrons. The number of likely N-dealkylation sites (tertiary alicyclic amines) is 1. The summed E-state index contributed by atoms with van der Waals surface area (Å²) in [4.78, 5) is 49.7. The first kappa shape index (κ1) is 17.6. The molecule has 0 bridgehead atoms. The number of hydrogen-bond acceptors (Lipinski definition) is 4. The summed E-state index contributed by atoms with van der Waals surface area (Å²) in [6, 6.07) is 4.59. The second kappa shape index (κ2) is 7.23. The molecule has 1 amide bonds. The fourth-order valence-corrected chi connectivity index (χ4v) is 3.11. The first-order valence-corrected chi connectivity index (χ1v) is 7.93. The van der Waals surface area contributed by atoms with E-state index in [0.29, 0.717) is 6.42 Å². The highest BCUT2D eigenvalue weighted by Gasteiger charge is 2.40. The van der Waals surface area contributed by atoms with Gasteiger partial charge in [0.15, 0.2) is 17.3 Å². The molecule has 1 aliphatic heterocycles. The van der Waals surface area contributed by atoms with Gasteiger partial charge in [0.05, 0.1) is 28.7 Å². The summed E-state index contributed by atoms with van der Waals surface area (Å²) >= 11 is 12.0. The van der Waals surface area contributed by atoms with Gasteiger partial charge in [-0.1, -0.05) is 36.2 Å². The Morgan fingerprint density at radius 2 is 1.65 bits per heavy atom. The Morgan fingerprint density at radius 3 is 2.13 bits per heavy atom. The van der Waals surface area contributed by atoms with Crippen molar-refractivity contribution in [3.05, 3.63) is 33.8 Å². The third-order valence-electron chi connectivity index (χ3n) is 3.62. The zero-order chi connectivity index (χ0) is 17.1. The molecule has 2 rings (SSSR count). The topological polar surface area (TPSA) is 71.5 Å². The van der Waals surface area contributed by atoms with Crippen LogP contribution in [0.4, 0.5) is 0 Å². The van der Waals surface area contributed by atoms with E-state index < -0.39 is 23.4 Å². The highest BCUT2D eigenvalue weighted by atomic mass is 35.5. The molecule has 0 aliphatic carbocycles. The number of carbonyl (C=O) groups is 4. The highest BCUT2D eigenvalue weighted by molar-refractivity contribution is 6.39. The average Bonchev–Trinajstić information content (AvgIpc) is 2.46. The lowest BCUT2D eigenvalue weighted by Crippen LogP contribution is -2.52. The number of hydrogen-bond donors (Lipinski definition) is 0. The molecule has 1 aromatic rings. The summed E-state index contributed by atoms with van der Waals surface area (Å²) in [6.45, 7) is 1.20. The van der Waals surface area contributed by atoms with Crippen LogP contribution < -0.4 is 0 Å². The monoisotopic (exact) mass is 355 g/mol. The van der Waals surface area contributed by atoms with E-state index in [-0.39, 0.29) is 40.9 Å². The summed E-state index contributed by atoms with van der Waals surface area (Å²) in [5.41, 5.74) is 0.0507. The molecule has 1 fully saturated rings. The smallest absolute Gasteiger partial charge is 0.257 e. The van der Waals surface area contributed by atoms with Crippen molar-refractivity contribution in [1.82, 2.24) is 4.90 Å². The Kier molecular flexibility index (Phi) is 5.55. The van der Waals surface area contributed by atoms with Crippen molar-refractivity contribution < 1.29 is 19.2 Å². The summed E-state index contributed by atoms with van der Waals surface area (Å²) in [7, 11) is 0. The van der Waals surface area contributed by atoms with Crippen molar-refractivity contribution in [1.29, 1.82) is 0 Å². The van der Waals surface area contributed by atoms with Crippen molar-refractivity contribution in [2.24, 2.45) is 5.92 Å². The zero-order valence-corrected chi connectivity index (χ0v) is 14.0. The number of piperidine rings is 1. The lowest BCUT2D eigenvalue weighted by Gasteiger charge is -2.29. The van der Waals surface area contributed by atoms with Crippen molar-refractivity contribution >= 4 is 46.5 Å². The number of rotatable bonds is 4. The SMILES string of the molecule is CCCC(=O)C1C(=O)CN(C(=O)c2c(Cl)cccc2Cl)CC1=O. The quantitative estimate of drug-likeness (QED) is 0.778. The molecule has 0 spiro atoms. The van der Waals surface area contributed by atoms with Crippen molar-refractivity contribution in [2.45, 2.75) is 19.8 Å². The normalized spacial score (nSPS) is 15.9. The molecule has 0 aromatic heterocycles. The van der Waals surface area contributed by atoms with Gasteiger partial charge in [0.2, 0.25) is 0 Å². The Bertz CT molecular complexity index is 648. The number of carbonyl (C=O) groups excluding carboxylic acids is 4. The summed E-state index contributed by atoms with van der Waals surface area (Å²) in [6.07, 6.45) is 0.736. The minimum Gasteiger partial charge on any atom is -0.324 e. The number of benzene rings is 1. The van der Waals surface area contributed by atoms with E-state index in [1.165, 1.54) is 12.1 Å². The molecule has 1 saturated heterocycles. The number of Topliss-reactive ketones (excluding diaryl/α,β-unsaturated/α-hetero) is 3. The first-order valence-electron chi connectivity index (χ1n) is 7.18. The van der Waals surface area contributed by atoms with Gasteiger partial charge in [-0.15, -0.1) is 0 Å². The molecular formula is C16H15Cl2NO4. The molecule has 122 valence electrons. The van der Waals surface area contributed by atoms with Crippen LogP contribution in [0, 0.1) is 5.92 Å². The molecule has 1 aromatic carbocycles. The van der Waals surface area contributed by atoms with E-state index >= 15 is 0 Å². The van der Waals surface area contributed by atoms with Crippen LogP contribution in [0.1, 0.15) is 30.1 Å². The van der Waals surface area contributed by atoms with Gasteiger partial charge in [-0.25, -0.2) is 0 Å². The Labute approximate surface area is 143 Å². The third kappa shape index (κ3) is 3.62. The minimum absolute atomic E-state index is 0.0507. The number of ketones is 3. The van der Waals surface area contributed by atoms with E-state index in [1.54, 1.807) is 13.0 Å². The van der Waals surface area contributed by atoms with Crippen LogP contribution >= 0.6 is 23.2 Å². The molecule has 7 heteroatoms. The Morgan fingerprint density at radius 1 is 1.13 bits per heavy atom. The van der Waals surface area contributed by atoms with E-state index in [2.05, 4.69) is 0 Å². The van der Waals surface area contributed by atoms with Gasteiger partial charge in [-0.3, -0.25) is 19.2 Å². The van der Waals surface area contributed by atoms with Gasteiger partial charge in [0.25, 0.3) is 5.91 Å². The Hall–Kier alpha value is -1.72. The van der Waals surface area contributed by atoms with Crippen LogP contribution in [0.5, 0.6) is 0 Å². The molecule has 0 atom stereocenters. The fraction of sp³-hybridized carbons (Fsp3) is 0.375. The number of amides is 1. The maximum Gasteiger partial charge on any atom is 0.257 e. The molecule has 23 heavy (non-hydrogen) atoms. The largest absolute Gasteiger partial charge is 0.324 e. The second-order valence-electron chi connectivity index (χ2n) is 5.34. The van der Waals surface area contributed by atoms with E-state index in [1.807, 2.05) is 0 Å². The second-order valence-corrected chi connectivity index (χ2v) is 6.15. The van der Waals surface area contributed by atoms with Gasteiger partial charge in [-0.2, -0.15) is 0 Å². The lowest BCUT2D eigenvalue weighted by atomic mass is 9.88. The summed E-state index contributed by atoms with van der Waals surface area (Å²) < 4.78 is 0. The predicted molar refractivity (Wildman–Crippen MR) is 85.8 cm³/mol. The van der Waals surface area contributed by atoms with Crippen LogP contribution in [0.25, 0.3) is 0 Å². The maximum absolute atomic E-state index is 12.5. The van der Waals surface area contributed by atoms with E-state index in [4.69, 9.17) is 23.2 Å². The van der Waals surface area contributed by atoms with Crippen molar-refractivity contribution in [2.75, 3.05) is 13.1 Å². The summed E-state index contributed by atoms with van der Waals surface area (Å²) in [5.74, 6) is -3.35. The first-order chi connectivity index (χ1) is 10.9. The van der Waals surface area contributed by atoms with Gasteiger partial charge in [0.1, 0.15) is 5.92 Å². The van der Waals surface area contributed by atoms with E-state index in [9.17, 15) is 19.2 Å². The van der Waals surface area contributed by atoms with Crippen LogP contribution in [0.15, 0.2) is 18.2 Å². The fourth-order valence-electron chi connectivity index (χ4n) is 2.55. The predicted octanol–water partition coefficient (Wildman–Crippen LogP) is 2.57. The lowest BCUT2D eigenvalue weighted by molar-refractivity contribution is -0.143. The highest BCUT2D eigenvalue weighted by Crippen LogP contribution is 2.27. The van der Waals surface area contributed by atoms with Crippen molar-refractivity contribution in [3.63, 3.8) is 0 Å². The molecular weight excluding hydrogens is 341 g/mol. The molecule has 0 saturated carbocycles. The summed E-state index contributed by atoms with van der Waals surface area (Å²) in [5, 5.41) is 0.290. The molecule has 0 unspecified atom stereocenters. The average molecular weight is 356 g/mol. The van der Waals surface area contributed by atoms with Crippen LogP contribution in [0.2, 0.25) is 10.0 Å². The van der Waals surface area contributed by atoms with Crippen LogP contribution in [-0.4, -0.2) is 41.2 Å². The number of nitrogens with zero attached hydrogens (tertiary/aromatic N) is 1. The van der Waals surface area contributed by atoms with Crippen molar-refractivity contribution in [3.8, 4) is 0 Å². The van der Waals surface area contributed by atoms with Crippen LogP contribution in [0.3, 0.4) is 0 Å². The van der Waals surface area contributed by atoms with Gasteiger partial charge in [-0.05, 0) is 18.6 Å². The minimum atomic E-state index is -1.25. The molecule has 0 N–H and O–H groups in total. The maximum atomic E-state index is 12.5. The molecule has 1 aliphatic rings.